The van der Waals surface area contributed by atoms with Gasteiger partial charge in [-0.15, -0.1) is 0 Å². The van der Waals surface area contributed by atoms with Crippen molar-refractivity contribution >= 4 is 23.6 Å². The molecule has 0 aliphatic rings. The van der Waals surface area contributed by atoms with E-state index in [1.165, 1.54) is 19.2 Å². The highest BCUT2D eigenvalue weighted by atomic mass is 35.5. The lowest BCUT2D eigenvalue weighted by Crippen LogP contribution is -2.43. The van der Waals surface area contributed by atoms with Crippen molar-refractivity contribution in [3.8, 4) is 0 Å². The van der Waals surface area contributed by atoms with Crippen LogP contribution in [-0.2, 0) is 0 Å². The summed E-state index contributed by atoms with van der Waals surface area (Å²) < 4.78 is 0. The molecule has 0 bridgehead atoms. The van der Waals surface area contributed by atoms with E-state index in [1.807, 2.05) is 24.3 Å². The number of hydrogen-bond donors (Lipinski definition) is 4. The molecule has 1 aromatic carbocycles. The second-order valence-electron chi connectivity index (χ2n) is 4.21. The van der Waals surface area contributed by atoms with Crippen LogP contribution in [0, 0.1) is 0 Å². The number of unbranched alkanes of at least 4 members (excludes halogenated alkanes) is 2. The fourth-order valence-electron chi connectivity index (χ4n) is 1.60. The van der Waals surface area contributed by atoms with Crippen LogP contribution in [0.25, 0.3) is 0 Å². The van der Waals surface area contributed by atoms with Gasteiger partial charge in [0.1, 0.15) is 6.17 Å². The van der Waals surface area contributed by atoms with Gasteiger partial charge in [0.15, 0.2) is 0 Å². The summed E-state index contributed by atoms with van der Waals surface area (Å²) in [7, 11) is 0. The van der Waals surface area contributed by atoms with Crippen LogP contribution in [0.2, 0.25) is 5.02 Å². The van der Waals surface area contributed by atoms with Crippen LogP contribution in [0.4, 0.5) is 5.69 Å². The largest absolute Gasteiger partial charge is 0.390 e. The fourth-order valence-corrected chi connectivity index (χ4v) is 1.73. The number of nitrogens with zero attached hydrogens (tertiary/aromatic N) is 1. The molecule has 0 aliphatic heterocycles. The van der Waals surface area contributed by atoms with Gasteiger partial charge >= 0.3 is 0 Å². The van der Waals surface area contributed by atoms with Crippen LogP contribution in [-0.4, -0.2) is 12.5 Å². The molecule has 0 fully saturated rings. The Labute approximate surface area is 119 Å². The maximum Gasteiger partial charge on any atom is 0.115 e. The molecular weight excluding hydrogens is 262 g/mol. The van der Waals surface area contributed by atoms with Crippen molar-refractivity contribution in [2.24, 2.45) is 10.7 Å². The monoisotopic (exact) mass is 283 g/mol. The zero-order valence-corrected chi connectivity index (χ0v) is 12.0. The molecule has 0 amide bonds. The summed E-state index contributed by atoms with van der Waals surface area (Å²) in [5.74, 6) is 0. The lowest BCUT2D eigenvalue weighted by molar-refractivity contribution is 0.431. The lowest BCUT2D eigenvalue weighted by Gasteiger charge is -2.16. The van der Waals surface area contributed by atoms with E-state index in [0.29, 0.717) is 5.02 Å². The summed E-state index contributed by atoms with van der Waals surface area (Å²) in [5, 5.41) is 0.712. The first kappa shape index (κ1) is 15.8. The summed E-state index contributed by atoms with van der Waals surface area (Å²) in [6.07, 6.45) is 5.74. The first-order valence-electron chi connectivity index (χ1n) is 6.51. The molecule has 0 aromatic heterocycles. The van der Waals surface area contributed by atoms with E-state index in [-0.39, 0.29) is 6.17 Å². The minimum atomic E-state index is -0.0312. The highest BCUT2D eigenvalue weighted by molar-refractivity contribution is 6.30. The molecule has 1 unspecified atom stereocenters. The predicted molar refractivity (Wildman–Crippen MR) is 82.0 cm³/mol. The first-order chi connectivity index (χ1) is 9.26. The Kier molecular flexibility index (Phi) is 7.97. The summed E-state index contributed by atoms with van der Waals surface area (Å²) in [6.45, 7) is 2.18. The maximum atomic E-state index is 5.81. The van der Waals surface area contributed by atoms with Crippen LogP contribution in [0.3, 0.4) is 0 Å². The molecular formula is C13H22ClN5. The normalized spacial score (nSPS) is 12.7. The molecule has 0 aliphatic carbocycles. The Bertz CT molecular complexity index is 366. The van der Waals surface area contributed by atoms with Gasteiger partial charge < -0.3 is 11.2 Å². The minimum Gasteiger partial charge on any atom is -0.390 e. The molecule has 1 atom stereocenters. The van der Waals surface area contributed by atoms with Crippen LogP contribution < -0.4 is 22.1 Å². The highest BCUT2D eigenvalue weighted by Crippen LogP contribution is 2.12. The molecule has 0 heterocycles. The molecule has 5 nitrogen and oxygen atoms in total. The summed E-state index contributed by atoms with van der Waals surface area (Å²) >= 11 is 5.81. The minimum absolute atomic E-state index is 0.0312. The summed E-state index contributed by atoms with van der Waals surface area (Å²) in [6, 6.07) is 7.41. The first-order valence-corrected chi connectivity index (χ1v) is 6.89. The van der Waals surface area contributed by atoms with Gasteiger partial charge in [0.05, 0.1) is 12.0 Å². The SMILES string of the molecule is CCCCCC(N=CN)NNNc1ccc(Cl)cc1. The average molecular weight is 284 g/mol. The number of halogens is 1. The molecule has 5 N–H and O–H groups in total. The topological polar surface area (TPSA) is 74.5 Å². The third kappa shape index (κ3) is 7.00. The molecule has 106 valence electrons. The standard InChI is InChI=1S/C13H22ClN5/c1-2-3-4-5-13(16-10-15)18-19-17-12-8-6-11(14)7-9-12/h6-10,13,17-19H,2-5H2,1H3,(H2,15,16). The summed E-state index contributed by atoms with van der Waals surface area (Å²) in [4.78, 5) is 4.16. The molecule has 0 spiro atoms. The zero-order chi connectivity index (χ0) is 13.9. The van der Waals surface area contributed by atoms with Gasteiger partial charge in [-0.3, -0.25) is 4.99 Å². The van der Waals surface area contributed by atoms with Gasteiger partial charge in [-0.25, -0.2) is 5.43 Å². The van der Waals surface area contributed by atoms with Crippen LogP contribution in [0.15, 0.2) is 29.3 Å². The van der Waals surface area contributed by atoms with Crippen LogP contribution in [0.5, 0.6) is 0 Å². The van der Waals surface area contributed by atoms with Crippen LogP contribution >= 0.6 is 11.6 Å². The lowest BCUT2D eigenvalue weighted by atomic mass is 10.2. The van der Waals surface area contributed by atoms with E-state index in [0.717, 1.165) is 18.5 Å². The quantitative estimate of drug-likeness (QED) is 0.243. The van der Waals surface area contributed by atoms with Crippen molar-refractivity contribution in [2.45, 2.75) is 38.8 Å². The van der Waals surface area contributed by atoms with E-state index in [9.17, 15) is 0 Å². The molecule has 0 saturated heterocycles. The number of aliphatic imine (C=N–C) groups is 1. The number of nitrogens with two attached hydrogens (primary N) is 1. The van der Waals surface area contributed by atoms with E-state index in [1.54, 1.807) is 0 Å². The second kappa shape index (κ2) is 9.61. The number of benzene rings is 1. The number of anilines is 1. The maximum absolute atomic E-state index is 5.81. The predicted octanol–water partition coefficient (Wildman–Crippen LogP) is 2.65. The van der Waals surface area contributed by atoms with Crippen LogP contribution in [0.1, 0.15) is 32.6 Å². The number of hydrazine groups is 2. The summed E-state index contributed by atoms with van der Waals surface area (Å²) in [5.41, 5.74) is 15.3. The Hall–Kier alpha value is -1.30. The highest BCUT2D eigenvalue weighted by Gasteiger charge is 2.03. The third-order valence-electron chi connectivity index (χ3n) is 2.64. The smallest absolute Gasteiger partial charge is 0.115 e. The Morgan fingerprint density at radius 2 is 2.05 bits per heavy atom. The van der Waals surface area contributed by atoms with Gasteiger partial charge in [-0.1, -0.05) is 31.4 Å². The zero-order valence-electron chi connectivity index (χ0n) is 11.2. The second-order valence-corrected chi connectivity index (χ2v) is 4.65. The number of rotatable bonds is 9. The van der Waals surface area contributed by atoms with E-state index in [2.05, 4.69) is 28.3 Å². The fraction of sp³-hybridized carbons (Fsp3) is 0.462. The van der Waals surface area contributed by atoms with Crippen molar-refractivity contribution in [3.63, 3.8) is 0 Å². The third-order valence-corrected chi connectivity index (χ3v) is 2.89. The van der Waals surface area contributed by atoms with Crippen molar-refractivity contribution in [1.29, 1.82) is 0 Å². The molecule has 6 heteroatoms. The van der Waals surface area contributed by atoms with Gasteiger partial charge in [-0.05, 0) is 37.1 Å². The number of nitrogens with one attached hydrogen (secondary N) is 3. The van der Waals surface area contributed by atoms with Gasteiger partial charge in [0.2, 0.25) is 0 Å². The van der Waals surface area contributed by atoms with Gasteiger partial charge in [0, 0.05) is 5.02 Å². The molecule has 1 rings (SSSR count). The van der Waals surface area contributed by atoms with Crippen molar-refractivity contribution < 1.29 is 0 Å². The van der Waals surface area contributed by atoms with E-state index >= 15 is 0 Å². The molecule has 0 saturated carbocycles. The Morgan fingerprint density at radius 1 is 1.32 bits per heavy atom. The van der Waals surface area contributed by atoms with Gasteiger partial charge in [0.25, 0.3) is 0 Å². The Morgan fingerprint density at radius 3 is 2.68 bits per heavy atom. The van der Waals surface area contributed by atoms with Crippen molar-refractivity contribution in [2.75, 3.05) is 5.43 Å². The molecule has 0 radical (unpaired) electrons. The number of hydrogen-bond acceptors (Lipinski definition) is 4. The van der Waals surface area contributed by atoms with Crippen molar-refractivity contribution in [3.05, 3.63) is 29.3 Å². The molecule has 1 aromatic rings. The Balaban J connectivity index is 2.29. The average Bonchev–Trinajstić information content (AvgIpc) is 2.41. The molecule has 19 heavy (non-hydrogen) atoms. The van der Waals surface area contributed by atoms with Gasteiger partial charge in [-0.2, -0.15) is 5.53 Å². The van der Waals surface area contributed by atoms with E-state index < -0.39 is 0 Å². The van der Waals surface area contributed by atoms with Crippen molar-refractivity contribution in [1.82, 2.24) is 11.0 Å². The van der Waals surface area contributed by atoms with E-state index in [4.69, 9.17) is 17.3 Å².